The number of hydrogen-bond donors (Lipinski definition) is 0. The first-order valence-corrected chi connectivity index (χ1v) is 7.22. The minimum Gasteiger partial charge on any atom is -0.465 e. The van der Waals surface area contributed by atoms with E-state index in [0.29, 0.717) is 17.1 Å². The summed E-state index contributed by atoms with van der Waals surface area (Å²) in [6, 6.07) is 15.5. The quantitative estimate of drug-likeness (QED) is 0.415. The van der Waals surface area contributed by atoms with Crippen LogP contribution in [0.25, 0.3) is 17.0 Å². The molecule has 3 rings (SSSR count). The number of para-hydroxylation sites is 1. The normalized spacial score (nSPS) is 10.9. The maximum atomic E-state index is 11.8. The van der Waals surface area contributed by atoms with E-state index in [1.54, 1.807) is 6.08 Å². The second kappa shape index (κ2) is 6.83. The van der Waals surface area contributed by atoms with Crippen LogP contribution < -0.4 is 4.74 Å². The van der Waals surface area contributed by atoms with Crippen molar-refractivity contribution < 1.29 is 23.5 Å². The van der Waals surface area contributed by atoms with Gasteiger partial charge in [-0.15, -0.1) is 0 Å². The monoisotopic (exact) mass is 322 g/mol. The summed E-state index contributed by atoms with van der Waals surface area (Å²) in [6.45, 7) is 0. The van der Waals surface area contributed by atoms with E-state index in [9.17, 15) is 9.59 Å². The number of esters is 2. The molecule has 1 aromatic heterocycles. The van der Waals surface area contributed by atoms with Crippen molar-refractivity contribution in [1.82, 2.24) is 0 Å². The fourth-order valence-electron chi connectivity index (χ4n) is 2.16. The number of fused-ring (bicyclic) bond motifs is 1. The molecule has 3 aromatic rings. The largest absolute Gasteiger partial charge is 0.465 e. The van der Waals surface area contributed by atoms with Crippen LogP contribution in [0, 0.1) is 0 Å². The molecule has 24 heavy (non-hydrogen) atoms. The molecule has 0 aliphatic rings. The number of benzene rings is 2. The van der Waals surface area contributed by atoms with E-state index in [4.69, 9.17) is 9.15 Å². The topological polar surface area (TPSA) is 65.7 Å². The summed E-state index contributed by atoms with van der Waals surface area (Å²) < 4.78 is 15.3. The molecule has 2 aromatic carbocycles. The molecule has 0 saturated heterocycles. The number of methoxy groups -OCH3 is 1. The zero-order valence-corrected chi connectivity index (χ0v) is 12.9. The predicted molar refractivity (Wildman–Crippen MR) is 88.7 cm³/mol. The van der Waals surface area contributed by atoms with E-state index < -0.39 is 11.9 Å². The zero-order valence-electron chi connectivity index (χ0n) is 12.9. The maximum Gasteiger partial charge on any atom is 0.337 e. The van der Waals surface area contributed by atoms with Crippen LogP contribution in [0.5, 0.6) is 5.75 Å². The van der Waals surface area contributed by atoms with E-state index in [-0.39, 0.29) is 0 Å². The van der Waals surface area contributed by atoms with Gasteiger partial charge in [-0.05, 0) is 42.5 Å². The van der Waals surface area contributed by atoms with Crippen LogP contribution in [-0.4, -0.2) is 19.0 Å². The van der Waals surface area contributed by atoms with Crippen LogP contribution in [0.2, 0.25) is 0 Å². The summed E-state index contributed by atoms with van der Waals surface area (Å²) in [5, 5.41) is 0.962. The van der Waals surface area contributed by atoms with Crippen molar-refractivity contribution in [2.75, 3.05) is 7.11 Å². The summed E-state index contributed by atoms with van der Waals surface area (Å²) in [5.41, 5.74) is 1.14. The number of ether oxygens (including phenoxy) is 2. The third kappa shape index (κ3) is 3.52. The first-order valence-electron chi connectivity index (χ1n) is 7.22. The summed E-state index contributed by atoms with van der Waals surface area (Å²) in [4.78, 5) is 23.2. The van der Waals surface area contributed by atoms with Gasteiger partial charge in [-0.3, -0.25) is 0 Å². The van der Waals surface area contributed by atoms with Crippen molar-refractivity contribution >= 4 is 29.0 Å². The van der Waals surface area contributed by atoms with Gasteiger partial charge in [0.2, 0.25) is 0 Å². The molecule has 0 N–H and O–H groups in total. The van der Waals surface area contributed by atoms with Crippen LogP contribution in [0.3, 0.4) is 0 Å². The Labute approximate surface area is 138 Å². The summed E-state index contributed by atoms with van der Waals surface area (Å²) in [6.07, 6.45) is 2.83. The van der Waals surface area contributed by atoms with Gasteiger partial charge in [0.25, 0.3) is 0 Å². The third-order valence-electron chi connectivity index (χ3n) is 3.32. The molecule has 5 heteroatoms. The zero-order chi connectivity index (χ0) is 16.9. The Morgan fingerprint density at radius 1 is 1.04 bits per heavy atom. The summed E-state index contributed by atoms with van der Waals surface area (Å²) in [7, 11) is 1.30. The smallest absolute Gasteiger partial charge is 0.337 e. The fraction of sp³-hybridized carbons (Fsp3) is 0.0526. The molecule has 0 atom stereocenters. The molecule has 0 radical (unpaired) electrons. The van der Waals surface area contributed by atoms with Crippen LogP contribution in [0.4, 0.5) is 0 Å². The highest BCUT2D eigenvalue weighted by Gasteiger charge is 2.06. The lowest BCUT2D eigenvalue weighted by atomic mass is 10.2. The van der Waals surface area contributed by atoms with E-state index >= 15 is 0 Å². The lowest BCUT2D eigenvalue weighted by Crippen LogP contribution is -2.05. The molecule has 0 bridgehead atoms. The van der Waals surface area contributed by atoms with Gasteiger partial charge >= 0.3 is 11.9 Å². The van der Waals surface area contributed by atoms with E-state index in [1.807, 2.05) is 30.3 Å². The number of hydrogen-bond acceptors (Lipinski definition) is 5. The average molecular weight is 322 g/mol. The predicted octanol–water partition coefficient (Wildman–Crippen LogP) is 3.84. The molecule has 0 saturated carbocycles. The van der Waals surface area contributed by atoms with Crippen molar-refractivity contribution in [2.24, 2.45) is 0 Å². The van der Waals surface area contributed by atoms with Crippen LogP contribution in [-0.2, 0) is 9.53 Å². The molecule has 0 unspecified atom stereocenters. The number of carbonyl (C=O) groups excluding carboxylic acids is 2. The van der Waals surface area contributed by atoms with Crippen molar-refractivity contribution in [3.8, 4) is 5.75 Å². The van der Waals surface area contributed by atoms with Crippen LogP contribution >= 0.6 is 0 Å². The number of furan rings is 1. The SMILES string of the molecule is COC(=O)c1ccc(OC(=O)/C=C/c2cc3ccccc3o2)cc1. The molecular weight excluding hydrogens is 308 g/mol. The molecule has 0 spiro atoms. The van der Waals surface area contributed by atoms with Crippen LogP contribution in [0.1, 0.15) is 16.1 Å². The first-order chi connectivity index (χ1) is 11.7. The molecule has 0 aliphatic heterocycles. The maximum absolute atomic E-state index is 11.8. The van der Waals surface area contributed by atoms with Gasteiger partial charge in [-0.1, -0.05) is 18.2 Å². The van der Waals surface area contributed by atoms with Crippen LogP contribution in [0.15, 0.2) is 65.1 Å². The highest BCUT2D eigenvalue weighted by atomic mass is 16.5. The summed E-state index contributed by atoms with van der Waals surface area (Å²) in [5.74, 6) is -0.0879. The van der Waals surface area contributed by atoms with Gasteiger partial charge in [0, 0.05) is 11.5 Å². The molecule has 5 nitrogen and oxygen atoms in total. The lowest BCUT2D eigenvalue weighted by Gasteiger charge is -2.02. The second-order valence-corrected chi connectivity index (χ2v) is 4.96. The Balaban J connectivity index is 1.65. The molecule has 120 valence electrons. The highest BCUT2D eigenvalue weighted by molar-refractivity contribution is 5.91. The van der Waals surface area contributed by atoms with Gasteiger partial charge < -0.3 is 13.9 Å². The van der Waals surface area contributed by atoms with Gasteiger partial charge in [-0.25, -0.2) is 9.59 Å². The molecule has 0 amide bonds. The van der Waals surface area contributed by atoms with Gasteiger partial charge in [-0.2, -0.15) is 0 Å². The third-order valence-corrected chi connectivity index (χ3v) is 3.32. The molecule has 0 aliphatic carbocycles. The first kappa shape index (κ1) is 15.6. The Morgan fingerprint density at radius 3 is 2.50 bits per heavy atom. The Morgan fingerprint density at radius 2 is 1.79 bits per heavy atom. The number of rotatable bonds is 4. The molecular formula is C19H14O5. The van der Waals surface area contributed by atoms with E-state index in [0.717, 1.165) is 11.0 Å². The molecule has 1 heterocycles. The van der Waals surface area contributed by atoms with Gasteiger partial charge in [0.15, 0.2) is 0 Å². The minimum atomic E-state index is -0.540. The Hall–Kier alpha value is -3.34. The van der Waals surface area contributed by atoms with Gasteiger partial charge in [0.1, 0.15) is 17.1 Å². The Bertz CT molecular complexity index is 870. The minimum absolute atomic E-state index is 0.335. The highest BCUT2D eigenvalue weighted by Crippen LogP contribution is 2.20. The standard InChI is InChI=1S/C19H14O5/c1-22-19(21)13-6-8-15(9-7-13)24-18(20)11-10-16-12-14-4-2-3-5-17(14)23-16/h2-12H,1H3/b11-10+. The van der Waals surface area contributed by atoms with Crippen molar-refractivity contribution in [1.29, 1.82) is 0 Å². The van der Waals surface area contributed by atoms with Crippen molar-refractivity contribution in [2.45, 2.75) is 0 Å². The Kier molecular flexibility index (Phi) is 4.43. The average Bonchev–Trinajstić information content (AvgIpc) is 3.03. The van der Waals surface area contributed by atoms with Crippen molar-refractivity contribution in [3.05, 3.63) is 72.0 Å². The summed E-state index contributed by atoms with van der Waals surface area (Å²) >= 11 is 0. The van der Waals surface area contributed by atoms with Crippen molar-refractivity contribution in [3.63, 3.8) is 0 Å². The van der Waals surface area contributed by atoms with E-state index in [1.165, 1.54) is 37.5 Å². The lowest BCUT2D eigenvalue weighted by molar-refractivity contribution is -0.128. The number of carbonyl (C=O) groups is 2. The second-order valence-electron chi connectivity index (χ2n) is 4.96. The van der Waals surface area contributed by atoms with Gasteiger partial charge in [0.05, 0.1) is 12.7 Å². The molecule has 0 fully saturated rings. The fourth-order valence-corrected chi connectivity index (χ4v) is 2.16. The van der Waals surface area contributed by atoms with E-state index in [2.05, 4.69) is 4.74 Å².